The number of ether oxygens (including phenoxy) is 3. The molecule has 0 fully saturated rings. The number of rotatable bonds is 4. The van der Waals surface area contributed by atoms with Crippen LogP contribution in [-0.4, -0.2) is 27.4 Å². The lowest BCUT2D eigenvalue weighted by atomic mass is 9.94. The van der Waals surface area contributed by atoms with Gasteiger partial charge in [-0.2, -0.15) is 0 Å². The van der Waals surface area contributed by atoms with Crippen LogP contribution in [-0.2, 0) is 29.1 Å². The Morgan fingerprint density at radius 2 is 2.03 bits per heavy atom. The van der Waals surface area contributed by atoms with Crippen LogP contribution in [0.5, 0.6) is 11.5 Å². The first-order valence-electron chi connectivity index (χ1n) is 11.1. The zero-order valence-corrected chi connectivity index (χ0v) is 18.1. The predicted molar refractivity (Wildman–Crippen MR) is 119 cm³/mol. The maximum Gasteiger partial charge on any atom is 0.340 e. The molecule has 1 atom stereocenters. The Bertz CT molecular complexity index is 1410. The third-order valence-corrected chi connectivity index (χ3v) is 6.76. The van der Waals surface area contributed by atoms with Gasteiger partial charge in [0.05, 0.1) is 34.7 Å². The molecule has 3 aromatic rings. The summed E-state index contributed by atoms with van der Waals surface area (Å²) in [6.07, 6.45) is 2.41. The molecule has 33 heavy (non-hydrogen) atoms. The average Bonchev–Trinajstić information content (AvgIpc) is 3.42. The molecule has 1 aromatic carbocycles. The minimum Gasteiger partial charge on any atom is -0.458 e. The molecule has 6 rings (SSSR count). The van der Waals surface area contributed by atoms with Crippen LogP contribution in [0.1, 0.15) is 54.5 Å². The quantitative estimate of drug-likeness (QED) is 0.277. The fourth-order valence-electron chi connectivity index (χ4n) is 5.11. The second-order valence-electron chi connectivity index (χ2n) is 8.66. The van der Waals surface area contributed by atoms with E-state index in [0.717, 1.165) is 42.2 Å². The van der Waals surface area contributed by atoms with Gasteiger partial charge in [0.1, 0.15) is 6.61 Å². The van der Waals surface area contributed by atoms with E-state index in [9.17, 15) is 14.7 Å². The number of aryl methyl sites for hydroxylation is 1. The summed E-state index contributed by atoms with van der Waals surface area (Å²) in [7, 11) is 0. The summed E-state index contributed by atoms with van der Waals surface area (Å²) in [4.78, 5) is 30.1. The van der Waals surface area contributed by atoms with E-state index in [-0.39, 0.29) is 24.5 Å². The SMILES string of the molecule is CCCCCc1c2c(nc3cc4c(c(N)c13)OCO4)-c1cc3c(c(=O)n1C2)COC(=O)C3O. The van der Waals surface area contributed by atoms with E-state index in [2.05, 4.69) is 6.92 Å². The Morgan fingerprint density at radius 3 is 2.85 bits per heavy atom. The van der Waals surface area contributed by atoms with Gasteiger partial charge < -0.3 is 29.6 Å². The second-order valence-corrected chi connectivity index (χ2v) is 8.66. The molecule has 0 saturated carbocycles. The fourth-order valence-corrected chi connectivity index (χ4v) is 5.11. The second kappa shape index (κ2) is 7.21. The number of fused-ring (bicyclic) bond motifs is 6. The molecule has 9 heteroatoms. The molecule has 1 unspecified atom stereocenters. The van der Waals surface area contributed by atoms with Crippen LogP contribution in [0.15, 0.2) is 16.9 Å². The van der Waals surface area contributed by atoms with Gasteiger partial charge in [-0.05, 0) is 24.5 Å². The number of unbranched alkanes of at least 4 members (excludes halogenated alkanes) is 2. The first-order valence-corrected chi connectivity index (χ1v) is 11.1. The van der Waals surface area contributed by atoms with Crippen LogP contribution in [0.25, 0.3) is 22.3 Å². The number of aromatic nitrogens is 2. The van der Waals surface area contributed by atoms with E-state index in [0.29, 0.717) is 46.2 Å². The molecule has 0 spiro atoms. The van der Waals surface area contributed by atoms with E-state index in [1.807, 2.05) is 6.07 Å². The number of benzene rings is 1. The van der Waals surface area contributed by atoms with E-state index < -0.39 is 12.1 Å². The van der Waals surface area contributed by atoms with E-state index in [1.54, 1.807) is 10.6 Å². The van der Waals surface area contributed by atoms with Crippen molar-refractivity contribution in [2.45, 2.75) is 51.9 Å². The molecule has 5 heterocycles. The molecular weight excluding hydrogens is 426 g/mol. The third-order valence-electron chi connectivity index (χ3n) is 6.76. The molecule has 0 bridgehead atoms. The van der Waals surface area contributed by atoms with Crippen molar-refractivity contribution in [3.05, 3.63) is 44.7 Å². The van der Waals surface area contributed by atoms with Crippen molar-refractivity contribution in [1.29, 1.82) is 0 Å². The minimum absolute atomic E-state index is 0.110. The molecule has 0 amide bonds. The van der Waals surface area contributed by atoms with Crippen LogP contribution in [0.3, 0.4) is 0 Å². The Hall–Kier alpha value is -3.59. The summed E-state index contributed by atoms with van der Waals surface area (Å²) in [5.74, 6) is 0.325. The van der Waals surface area contributed by atoms with Gasteiger partial charge in [0.2, 0.25) is 6.79 Å². The van der Waals surface area contributed by atoms with Crippen molar-refractivity contribution >= 4 is 22.6 Å². The summed E-state index contributed by atoms with van der Waals surface area (Å²) in [5.41, 5.74) is 11.2. The van der Waals surface area contributed by atoms with Gasteiger partial charge in [-0.3, -0.25) is 4.79 Å². The summed E-state index contributed by atoms with van der Waals surface area (Å²) in [6, 6.07) is 3.52. The molecule has 0 saturated heterocycles. The summed E-state index contributed by atoms with van der Waals surface area (Å²) >= 11 is 0. The molecule has 170 valence electrons. The highest BCUT2D eigenvalue weighted by Gasteiger charge is 2.35. The number of nitrogens with two attached hydrogens (primary N) is 1. The van der Waals surface area contributed by atoms with Gasteiger partial charge in [-0.1, -0.05) is 19.8 Å². The summed E-state index contributed by atoms with van der Waals surface area (Å²) in [5, 5.41) is 11.2. The summed E-state index contributed by atoms with van der Waals surface area (Å²) < 4.78 is 17.8. The van der Waals surface area contributed by atoms with Crippen LogP contribution in [0.2, 0.25) is 0 Å². The highest BCUT2D eigenvalue weighted by molar-refractivity contribution is 6.01. The first kappa shape index (κ1) is 20.0. The topological polar surface area (TPSA) is 126 Å². The lowest BCUT2D eigenvalue weighted by Crippen LogP contribution is -2.32. The molecule has 2 aromatic heterocycles. The predicted octanol–water partition coefficient (Wildman–Crippen LogP) is 2.56. The number of nitrogens with zero attached hydrogens (tertiary/aromatic N) is 2. The number of hydrogen-bond donors (Lipinski definition) is 2. The van der Waals surface area contributed by atoms with Crippen LogP contribution in [0, 0.1) is 0 Å². The number of carbonyl (C=O) groups is 1. The number of aliphatic hydroxyl groups is 1. The monoisotopic (exact) mass is 449 g/mol. The highest BCUT2D eigenvalue weighted by atomic mass is 16.7. The van der Waals surface area contributed by atoms with Crippen molar-refractivity contribution in [1.82, 2.24) is 9.55 Å². The molecule has 3 aliphatic heterocycles. The van der Waals surface area contributed by atoms with Gasteiger partial charge >= 0.3 is 5.97 Å². The normalized spacial score (nSPS) is 17.6. The average molecular weight is 449 g/mol. The Morgan fingerprint density at radius 1 is 1.18 bits per heavy atom. The Kier molecular flexibility index (Phi) is 4.38. The molecule has 0 radical (unpaired) electrons. The number of pyridine rings is 2. The zero-order chi connectivity index (χ0) is 22.9. The smallest absolute Gasteiger partial charge is 0.340 e. The van der Waals surface area contributed by atoms with Crippen molar-refractivity contribution in [2.24, 2.45) is 0 Å². The number of esters is 1. The standard InChI is InChI=1S/C24H23N3O6/c1-2-3-4-5-11-13-8-27-16(6-12-14(23(27)29)9-31-24(30)21(12)28)20(13)26-15-7-17-22(33-10-32-17)19(25)18(11)15/h6-7,21,28H,2-5,8-10,25H2,1H3. The fraction of sp³-hybridized carbons (Fsp3) is 0.375. The Labute approximate surface area is 188 Å². The lowest BCUT2D eigenvalue weighted by Gasteiger charge is -2.21. The Balaban J connectivity index is 1.62. The zero-order valence-electron chi connectivity index (χ0n) is 18.1. The maximum atomic E-state index is 13.3. The van der Waals surface area contributed by atoms with E-state index >= 15 is 0 Å². The number of anilines is 1. The largest absolute Gasteiger partial charge is 0.458 e. The molecule has 3 aliphatic rings. The maximum absolute atomic E-state index is 13.3. The summed E-state index contributed by atoms with van der Waals surface area (Å²) in [6.45, 7) is 2.46. The molecule has 0 aliphatic carbocycles. The number of cyclic esters (lactones) is 1. The van der Waals surface area contributed by atoms with Crippen LogP contribution in [0.4, 0.5) is 5.69 Å². The highest BCUT2D eigenvalue weighted by Crippen LogP contribution is 2.47. The molecule has 3 N–H and O–H groups in total. The number of nitrogen functional groups attached to an aromatic ring is 1. The number of carbonyl (C=O) groups excluding carboxylic acids is 1. The van der Waals surface area contributed by atoms with E-state index in [1.165, 1.54) is 0 Å². The van der Waals surface area contributed by atoms with Gasteiger partial charge in [-0.15, -0.1) is 0 Å². The van der Waals surface area contributed by atoms with Crippen LogP contribution < -0.4 is 20.8 Å². The number of hydrogen-bond acceptors (Lipinski definition) is 8. The van der Waals surface area contributed by atoms with Gasteiger partial charge in [0.15, 0.2) is 17.6 Å². The lowest BCUT2D eigenvalue weighted by molar-refractivity contribution is -0.157. The van der Waals surface area contributed by atoms with Crippen molar-refractivity contribution in [2.75, 3.05) is 12.5 Å². The van der Waals surface area contributed by atoms with Crippen LogP contribution >= 0.6 is 0 Å². The van der Waals surface area contributed by atoms with Crippen molar-refractivity contribution < 1.29 is 24.1 Å². The molecular formula is C24H23N3O6. The van der Waals surface area contributed by atoms with Gasteiger partial charge in [0.25, 0.3) is 5.56 Å². The minimum atomic E-state index is -1.48. The molecule has 9 nitrogen and oxygen atoms in total. The van der Waals surface area contributed by atoms with Crippen molar-refractivity contribution in [3.8, 4) is 22.9 Å². The van der Waals surface area contributed by atoms with Crippen molar-refractivity contribution in [3.63, 3.8) is 0 Å². The van der Waals surface area contributed by atoms with Gasteiger partial charge in [-0.25, -0.2) is 9.78 Å². The van der Waals surface area contributed by atoms with Gasteiger partial charge in [0, 0.05) is 22.6 Å². The third kappa shape index (κ3) is 2.78. The first-order chi connectivity index (χ1) is 16.0. The van der Waals surface area contributed by atoms with E-state index in [4.69, 9.17) is 24.9 Å². The number of aliphatic hydroxyl groups excluding tert-OH is 1.